The molecule has 0 bridgehead atoms. The number of ether oxygens (including phenoxy) is 1. The number of aromatic nitrogens is 1. The van der Waals surface area contributed by atoms with Gasteiger partial charge in [0.2, 0.25) is 0 Å². The first-order valence-electron chi connectivity index (χ1n) is 10.8. The maximum absolute atomic E-state index is 12.9. The molecule has 2 aromatic rings. The molecule has 0 aliphatic carbocycles. The third kappa shape index (κ3) is 6.04. The number of hydrogen-bond donors (Lipinski definition) is 2. The van der Waals surface area contributed by atoms with Crippen molar-refractivity contribution in [1.82, 2.24) is 15.2 Å². The monoisotopic (exact) mass is 425 g/mol. The third-order valence-corrected chi connectivity index (χ3v) is 5.84. The minimum atomic E-state index is -0.492. The number of Topliss-reactive ketones (excluding diaryl/α,β-unsaturated/α-hetero) is 1. The first kappa shape index (κ1) is 22.7. The van der Waals surface area contributed by atoms with Crippen LogP contribution in [0.15, 0.2) is 41.3 Å². The minimum absolute atomic E-state index is 0.0189. The molecule has 7 nitrogen and oxygen atoms in total. The second kappa shape index (κ2) is 10.9. The van der Waals surface area contributed by atoms with Crippen LogP contribution in [0, 0.1) is 5.92 Å². The van der Waals surface area contributed by atoms with Crippen LogP contribution in [0.3, 0.4) is 0 Å². The summed E-state index contributed by atoms with van der Waals surface area (Å²) >= 11 is 0. The lowest BCUT2D eigenvalue weighted by molar-refractivity contribution is 0.0961. The van der Waals surface area contributed by atoms with Crippen molar-refractivity contribution < 1.29 is 14.3 Å². The highest BCUT2D eigenvalue weighted by Gasteiger charge is 2.18. The third-order valence-electron chi connectivity index (χ3n) is 5.84. The Morgan fingerprint density at radius 3 is 2.71 bits per heavy atom. The number of ketones is 1. The standard InChI is InChI=1S/C24H31N3O4/c1-25-23(29)21-14-19(22(28)8-4-5-17-9-11-26-12-10-17)16-27(24(21)30)15-18-6-3-7-20(13-18)31-2/h3,6-7,13-14,16-17,26H,4-5,8-12,15H2,1-2H3,(H,25,29). The van der Waals surface area contributed by atoms with Gasteiger partial charge in [0.25, 0.3) is 11.5 Å². The summed E-state index contributed by atoms with van der Waals surface area (Å²) in [4.78, 5) is 38.0. The minimum Gasteiger partial charge on any atom is -0.497 e. The first-order valence-corrected chi connectivity index (χ1v) is 10.8. The summed E-state index contributed by atoms with van der Waals surface area (Å²) in [5.41, 5.74) is 0.800. The van der Waals surface area contributed by atoms with E-state index in [4.69, 9.17) is 4.74 Å². The zero-order valence-electron chi connectivity index (χ0n) is 18.3. The van der Waals surface area contributed by atoms with Gasteiger partial charge in [-0.15, -0.1) is 0 Å². The number of benzene rings is 1. The number of hydrogen-bond acceptors (Lipinski definition) is 5. The second-order valence-electron chi connectivity index (χ2n) is 8.01. The van der Waals surface area contributed by atoms with Crippen LogP contribution >= 0.6 is 0 Å². The largest absolute Gasteiger partial charge is 0.497 e. The van der Waals surface area contributed by atoms with Crippen LogP contribution in [0.5, 0.6) is 5.75 Å². The van der Waals surface area contributed by atoms with E-state index in [1.54, 1.807) is 13.3 Å². The van der Waals surface area contributed by atoms with Crippen molar-refractivity contribution in [3.8, 4) is 5.75 Å². The van der Waals surface area contributed by atoms with Gasteiger partial charge in [-0.2, -0.15) is 0 Å². The second-order valence-corrected chi connectivity index (χ2v) is 8.01. The number of nitrogens with zero attached hydrogens (tertiary/aromatic N) is 1. The number of carbonyl (C=O) groups is 2. The fourth-order valence-corrected chi connectivity index (χ4v) is 4.04. The molecule has 1 saturated heterocycles. The summed E-state index contributed by atoms with van der Waals surface area (Å²) in [6.45, 7) is 2.34. The summed E-state index contributed by atoms with van der Waals surface area (Å²) in [7, 11) is 3.06. The molecule has 0 saturated carbocycles. The van der Waals surface area contributed by atoms with Crippen LogP contribution in [0.4, 0.5) is 0 Å². The van der Waals surface area contributed by atoms with Gasteiger partial charge in [-0.1, -0.05) is 12.1 Å². The summed E-state index contributed by atoms with van der Waals surface area (Å²) < 4.78 is 6.68. The Bertz CT molecular complexity index is 977. The zero-order chi connectivity index (χ0) is 22.2. The Labute approximate surface area is 182 Å². The average molecular weight is 426 g/mol. The van der Waals surface area contributed by atoms with E-state index in [0.29, 0.717) is 23.7 Å². The number of piperidine rings is 1. The highest BCUT2D eigenvalue weighted by molar-refractivity contribution is 6.00. The Morgan fingerprint density at radius 1 is 1.23 bits per heavy atom. The maximum Gasteiger partial charge on any atom is 0.263 e. The fraction of sp³-hybridized carbons (Fsp3) is 0.458. The molecule has 31 heavy (non-hydrogen) atoms. The van der Waals surface area contributed by atoms with E-state index in [2.05, 4.69) is 10.6 Å². The van der Waals surface area contributed by atoms with Crippen LogP contribution in [-0.2, 0) is 6.54 Å². The van der Waals surface area contributed by atoms with Crippen LogP contribution in [0.1, 0.15) is 58.4 Å². The Balaban J connectivity index is 1.80. The molecule has 1 fully saturated rings. The van der Waals surface area contributed by atoms with E-state index < -0.39 is 11.5 Å². The molecule has 2 heterocycles. The number of nitrogens with one attached hydrogen (secondary N) is 2. The molecule has 1 aliphatic heterocycles. The number of carbonyl (C=O) groups excluding carboxylic acids is 2. The quantitative estimate of drug-likeness (QED) is 0.603. The molecule has 3 rings (SSSR count). The summed E-state index contributed by atoms with van der Waals surface area (Å²) in [6.07, 6.45) is 6.13. The molecular weight excluding hydrogens is 394 g/mol. The van der Waals surface area contributed by atoms with Crippen LogP contribution in [0.25, 0.3) is 0 Å². The molecule has 2 N–H and O–H groups in total. The van der Waals surface area contributed by atoms with Crippen molar-refractivity contribution in [3.63, 3.8) is 0 Å². The van der Waals surface area contributed by atoms with Crippen LogP contribution in [0.2, 0.25) is 0 Å². The fourth-order valence-electron chi connectivity index (χ4n) is 4.04. The molecule has 0 unspecified atom stereocenters. The predicted molar refractivity (Wildman–Crippen MR) is 120 cm³/mol. The molecule has 0 radical (unpaired) electrons. The van der Waals surface area contributed by atoms with Crippen molar-refractivity contribution in [1.29, 1.82) is 0 Å². The predicted octanol–water partition coefficient (Wildman–Crippen LogP) is 2.62. The smallest absolute Gasteiger partial charge is 0.263 e. The Kier molecular flexibility index (Phi) is 8.00. The zero-order valence-corrected chi connectivity index (χ0v) is 18.3. The lowest BCUT2D eigenvalue weighted by atomic mass is 9.91. The van der Waals surface area contributed by atoms with E-state index in [9.17, 15) is 14.4 Å². The highest BCUT2D eigenvalue weighted by atomic mass is 16.5. The van der Waals surface area contributed by atoms with Gasteiger partial charge < -0.3 is 19.9 Å². The van der Waals surface area contributed by atoms with Gasteiger partial charge in [0, 0.05) is 25.2 Å². The van der Waals surface area contributed by atoms with Gasteiger partial charge >= 0.3 is 0 Å². The average Bonchev–Trinajstić information content (AvgIpc) is 2.80. The Morgan fingerprint density at radius 2 is 2.00 bits per heavy atom. The van der Waals surface area contributed by atoms with E-state index in [1.807, 2.05) is 24.3 Å². The van der Waals surface area contributed by atoms with Gasteiger partial charge in [0.1, 0.15) is 11.3 Å². The first-order chi connectivity index (χ1) is 15.0. The number of rotatable bonds is 9. The van der Waals surface area contributed by atoms with E-state index in [0.717, 1.165) is 44.3 Å². The van der Waals surface area contributed by atoms with Gasteiger partial charge in [-0.3, -0.25) is 14.4 Å². The normalized spacial score (nSPS) is 14.3. The van der Waals surface area contributed by atoms with Crippen LogP contribution in [-0.4, -0.2) is 43.5 Å². The van der Waals surface area contributed by atoms with Gasteiger partial charge in [-0.05, 0) is 68.5 Å². The van der Waals surface area contributed by atoms with E-state index in [-0.39, 0.29) is 17.9 Å². The highest BCUT2D eigenvalue weighted by Crippen LogP contribution is 2.20. The van der Waals surface area contributed by atoms with E-state index >= 15 is 0 Å². The molecule has 1 amide bonds. The topological polar surface area (TPSA) is 89.4 Å². The van der Waals surface area contributed by atoms with Crippen molar-refractivity contribution in [3.05, 3.63) is 63.6 Å². The Hall–Kier alpha value is -2.93. The summed E-state index contributed by atoms with van der Waals surface area (Å²) in [6, 6.07) is 8.80. The number of methoxy groups -OCH3 is 1. The van der Waals surface area contributed by atoms with Crippen molar-refractivity contribution in [2.45, 2.75) is 38.6 Å². The van der Waals surface area contributed by atoms with Gasteiger partial charge in [0.05, 0.1) is 13.7 Å². The van der Waals surface area contributed by atoms with Crippen molar-refractivity contribution >= 4 is 11.7 Å². The maximum atomic E-state index is 12.9. The van der Waals surface area contributed by atoms with E-state index in [1.165, 1.54) is 17.7 Å². The SMILES string of the molecule is CNC(=O)c1cc(C(=O)CCCC2CCNCC2)cn(Cc2cccc(OC)c2)c1=O. The molecule has 0 spiro atoms. The molecule has 1 aromatic heterocycles. The molecule has 166 valence electrons. The van der Waals surface area contributed by atoms with Gasteiger partial charge in [-0.25, -0.2) is 0 Å². The van der Waals surface area contributed by atoms with Crippen molar-refractivity contribution in [2.24, 2.45) is 5.92 Å². The number of pyridine rings is 1. The molecule has 1 aromatic carbocycles. The summed E-state index contributed by atoms with van der Waals surface area (Å²) in [5.74, 6) is 0.812. The van der Waals surface area contributed by atoms with Crippen LogP contribution < -0.4 is 20.9 Å². The summed E-state index contributed by atoms with van der Waals surface area (Å²) in [5, 5.41) is 5.85. The lowest BCUT2D eigenvalue weighted by Crippen LogP contribution is -2.32. The molecule has 7 heteroatoms. The molecular formula is C24H31N3O4. The molecule has 0 atom stereocenters. The lowest BCUT2D eigenvalue weighted by Gasteiger charge is -2.22. The molecule has 1 aliphatic rings. The van der Waals surface area contributed by atoms with Gasteiger partial charge in [0.15, 0.2) is 5.78 Å². The van der Waals surface area contributed by atoms with Crippen molar-refractivity contribution in [2.75, 3.05) is 27.2 Å². The number of amides is 1.